The molecule has 0 fully saturated rings. The summed E-state index contributed by atoms with van der Waals surface area (Å²) in [5.74, 6) is 0. The molecule has 1 aliphatic rings. The molecule has 1 rings (SSSR count). The van der Waals surface area contributed by atoms with E-state index in [1.165, 1.54) is 18.2 Å². The number of nitrogens with two attached hydrogens (primary N) is 1. The molecule has 1 atom stereocenters. The van der Waals surface area contributed by atoms with Gasteiger partial charge < -0.3 is 0 Å². The predicted molar refractivity (Wildman–Crippen MR) is 40.9 cm³/mol. The Morgan fingerprint density at radius 3 is 3.11 bits per heavy atom. The summed E-state index contributed by atoms with van der Waals surface area (Å²) in [5, 5.41) is 1.24. The molecule has 0 aromatic carbocycles. The Labute approximate surface area is 62.1 Å². The van der Waals surface area contributed by atoms with Gasteiger partial charge in [-0.3, -0.25) is 0 Å². The maximum atomic E-state index is 5.53. The molecule has 0 radical (unpaired) electrons. The van der Waals surface area contributed by atoms with Crippen LogP contribution in [0.5, 0.6) is 0 Å². The molecular formula is C6H12N2Se. The average Bonchev–Trinajstić information content (AvgIpc) is 2.17. The summed E-state index contributed by atoms with van der Waals surface area (Å²) in [5.41, 5.74) is 5.53. The minimum absolute atomic E-state index is 0.528. The van der Waals surface area contributed by atoms with Crippen molar-refractivity contribution in [3.8, 4) is 0 Å². The summed E-state index contributed by atoms with van der Waals surface area (Å²) >= 11 is 0.528. The molecule has 1 heterocycles. The number of hydrogen-bond acceptors (Lipinski definition) is 2. The number of rotatable bonds is 2. The van der Waals surface area contributed by atoms with E-state index in [0.717, 1.165) is 4.73 Å². The molecule has 9 heavy (non-hydrogen) atoms. The molecule has 0 aromatic rings. The Balaban J connectivity index is 2.29. The Hall–Kier alpha value is -0.0105. The molecule has 0 aliphatic carbocycles. The summed E-state index contributed by atoms with van der Waals surface area (Å²) in [6.07, 6.45) is 2.46. The van der Waals surface area contributed by atoms with Crippen LogP contribution in [-0.2, 0) is 0 Å². The summed E-state index contributed by atoms with van der Waals surface area (Å²) in [6.45, 7) is 2.19. The van der Waals surface area contributed by atoms with E-state index in [0.29, 0.717) is 21.0 Å². The van der Waals surface area contributed by atoms with Crippen molar-refractivity contribution in [2.45, 2.75) is 31.1 Å². The van der Waals surface area contributed by atoms with Crippen molar-refractivity contribution >= 4 is 19.7 Å². The molecule has 0 saturated carbocycles. The Kier molecular flexibility index (Phi) is 2.55. The van der Waals surface area contributed by atoms with Crippen LogP contribution >= 0.6 is 0 Å². The van der Waals surface area contributed by atoms with Crippen molar-refractivity contribution < 1.29 is 0 Å². The van der Waals surface area contributed by atoms with Crippen LogP contribution in [-0.4, -0.2) is 25.7 Å². The van der Waals surface area contributed by atoms with Crippen LogP contribution < -0.4 is 5.73 Å². The molecule has 0 spiro atoms. The van der Waals surface area contributed by atoms with Crippen molar-refractivity contribution in [1.82, 2.24) is 0 Å². The van der Waals surface area contributed by atoms with Crippen LogP contribution in [0.25, 0.3) is 0 Å². The first-order valence-corrected chi connectivity index (χ1v) is 5.35. The van der Waals surface area contributed by atoms with Crippen molar-refractivity contribution in [2.24, 2.45) is 10.7 Å². The van der Waals surface area contributed by atoms with E-state index in [9.17, 15) is 0 Å². The molecule has 52 valence electrons. The average molecular weight is 191 g/mol. The zero-order valence-corrected chi connectivity index (χ0v) is 7.34. The van der Waals surface area contributed by atoms with Crippen molar-refractivity contribution in [1.29, 1.82) is 0 Å². The van der Waals surface area contributed by atoms with Gasteiger partial charge in [-0.05, 0) is 0 Å². The van der Waals surface area contributed by atoms with Gasteiger partial charge in [0, 0.05) is 0 Å². The van der Waals surface area contributed by atoms with Crippen LogP contribution in [0.15, 0.2) is 4.99 Å². The quantitative estimate of drug-likeness (QED) is 0.638. The van der Waals surface area contributed by atoms with Gasteiger partial charge in [0.05, 0.1) is 0 Å². The number of nitrogens with zero attached hydrogens (tertiary/aromatic N) is 1. The maximum absolute atomic E-state index is 5.53. The second kappa shape index (κ2) is 3.23. The van der Waals surface area contributed by atoms with Crippen molar-refractivity contribution in [2.75, 3.05) is 0 Å². The zero-order chi connectivity index (χ0) is 6.69. The molecule has 3 heteroatoms. The minimum atomic E-state index is 0.528. The van der Waals surface area contributed by atoms with Crippen LogP contribution in [0, 0.1) is 0 Å². The van der Waals surface area contributed by atoms with Crippen LogP contribution in [0.4, 0.5) is 0 Å². The van der Waals surface area contributed by atoms with Gasteiger partial charge in [-0.2, -0.15) is 0 Å². The van der Waals surface area contributed by atoms with E-state index < -0.39 is 0 Å². The van der Waals surface area contributed by atoms with Gasteiger partial charge >= 0.3 is 61.5 Å². The normalized spacial score (nSPS) is 26.3. The van der Waals surface area contributed by atoms with Gasteiger partial charge in [-0.1, -0.05) is 0 Å². The molecule has 1 aliphatic heterocycles. The van der Waals surface area contributed by atoms with Crippen LogP contribution in [0.1, 0.15) is 19.8 Å². The van der Waals surface area contributed by atoms with E-state index in [4.69, 9.17) is 5.73 Å². The summed E-state index contributed by atoms with van der Waals surface area (Å²) < 4.78 is 0.918. The van der Waals surface area contributed by atoms with Gasteiger partial charge in [-0.25, -0.2) is 0 Å². The molecule has 0 bridgehead atoms. The number of hydrogen-bond donors (Lipinski definition) is 1. The second-order valence-electron chi connectivity index (χ2n) is 2.22. The summed E-state index contributed by atoms with van der Waals surface area (Å²) in [4.78, 5) is 4.30. The van der Waals surface area contributed by atoms with Gasteiger partial charge in [0.25, 0.3) is 0 Å². The van der Waals surface area contributed by atoms with Gasteiger partial charge in [-0.15, -0.1) is 0 Å². The molecular weight excluding hydrogens is 179 g/mol. The van der Waals surface area contributed by atoms with Crippen LogP contribution in [0.3, 0.4) is 0 Å². The van der Waals surface area contributed by atoms with E-state index >= 15 is 0 Å². The molecule has 0 amide bonds. The fraction of sp³-hybridized carbons (Fsp3) is 0.833. The number of amidine groups is 1. The number of aliphatic imine (C=N–C) groups is 1. The van der Waals surface area contributed by atoms with Gasteiger partial charge in [0.2, 0.25) is 0 Å². The van der Waals surface area contributed by atoms with Crippen LogP contribution in [0.2, 0.25) is 5.32 Å². The van der Waals surface area contributed by atoms with Gasteiger partial charge in [0.15, 0.2) is 0 Å². The zero-order valence-electron chi connectivity index (χ0n) is 5.63. The monoisotopic (exact) mass is 192 g/mol. The summed E-state index contributed by atoms with van der Waals surface area (Å²) in [7, 11) is 0. The second-order valence-corrected chi connectivity index (χ2v) is 4.40. The van der Waals surface area contributed by atoms with E-state index in [1.807, 2.05) is 0 Å². The fourth-order valence-corrected chi connectivity index (χ4v) is 2.65. The standard InChI is InChI=1S/C6H12N2Se/c1-2-3-5-4-9-6(7)8-5/h5H,2-4H2,1H3,(H2,7,8)/t5-/m1/s1. The fourth-order valence-electron chi connectivity index (χ4n) is 0.917. The Bertz CT molecular complexity index is 122. The Morgan fingerprint density at radius 1 is 1.89 bits per heavy atom. The van der Waals surface area contributed by atoms with Gasteiger partial charge in [0.1, 0.15) is 0 Å². The van der Waals surface area contributed by atoms with E-state index in [1.54, 1.807) is 0 Å². The van der Waals surface area contributed by atoms with E-state index in [-0.39, 0.29) is 0 Å². The topological polar surface area (TPSA) is 38.4 Å². The third-order valence-electron chi connectivity index (χ3n) is 1.36. The third-order valence-corrected chi connectivity index (χ3v) is 3.35. The molecule has 0 unspecified atom stereocenters. The Morgan fingerprint density at radius 2 is 2.67 bits per heavy atom. The first-order chi connectivity index (χ1) is 4.33. The molecule has 2 nitrogen and oxygen atoms in total. The first kappa shape index (κ1) is 7.10. The van der Waals surface area contributed by atoms with E-state index in [2.05, 4.69) is 11.9 Å². The molecule has 2 N–H and O–H groups in total. The van der Waals surface area contributed by atoms with Crippen molar-refractivity contribution in [3.05, 3.63) is 0 Å². The van der Waals surface area contributed by atoms with Crippen molar-refractivity contribution in [3.63, 3.8) is 0 Å². The molecule has 0 saturated heterocycles. The predicted octanol–water partition coefficient (Wildman–Crippen LogP) is 0.606. The summed E-state index contributed by atoms with van der Waals surface area (Å²) in [6, 6.07) is 0.579. The third kappa shape index (κ3) is 1.99. The SMILES string of the molecule is CCC[C@@H]1C[Se]C(N)=N1. The first-order valence-electron chi connectivity index (χ1n) is 3.29. The molecule has 0 aromatic heterocycles.